The Bertz CT molecular complexity index is 510. The van der Waals surface area contributed by atoms with Gasteiger partial charge in [0.1, 0.15) is 0 Å². The lowest BCUT2D eigenvalue weighted by atomic mass is 10.3. The Morgan fingerprint density at radius 3 is 2.84 bits per heavy atom. The Morgan fingerprint density at radius 2 is 2.21 bits per heavy atom. The smallest absolute Gasteiger partial charge is 0.241 e. The van der Waals surface area contributed by atoms with Crippen LogP contribution in [-0.2, 0) is 16.6 Å². The zero-order valence-electron chi connectivity index (χ0n) is 11.5. The highest BCUT2D eigenvalue weighted by molar-refractivity contribution is 7.89. The molecule has 0 amide bonds. The highest BCUT2D eigenvalue weighted by Crippen LogP contribution is 2.34. The predicted octanol–water partition coefficient (Wildman–Crippen LogP) is 2.32. The standard InChI is InChI=1S/C13H22N2O2S2/c1-3-5-14-8-11-7-12(9-18-11)19(16,17)15-13-6-10(13)4-2/h7,9-10,13-15H,3-6,8H2,1-2H3. The predicted molar refractivity (Wildman–Crippen MR) is 78.8 cm³/mol. The zero-order valence-corrected chi connectivity index (χ0v) is 13.1. The Balaban J connectivity index is 1.93. The molecule has 0 saturated heterocycles. The number of hydrogen-bond acceptors (Lipinski definition) is 4. The van der Waals surface area contributed by atoms with Crippen molar-refractivity contribution >= 4 is 21.4 Å². The van der Waals surface area contributed by atoms with Crippen molar-refractivity contribution in [1.29, 1.82) is 0 Å². The first-order valence-electron chi connectivity index (χ1n) is 6.87. The van der Waals surface area contributed by atoms with Gasteiger partial charge in [-0.2, -0.15) is 0 Å². The molecule has 0 aromatic carbocycles. The van der Waals surface area contributed by atoms with Crippen LogP contribution in [0.25, 0.3) is 0 Å². The minimum absolute atomic E-state index is 0.150. The normalized spacial score (nSPS) is 22.6. The van der Waals surface area contributed by atoms with Gasteiger partial charge in [0.05, 0.1) is 4.90 Å². The molecule has 2 atom stereocenters. The van der Waals surface area contributed by atoms with E-state index >= 15 is 0 Å². The molecule has 2 unspecified atom stereocenters. The molecule has 2 rings (SSSR count). The number of sulfonamides is 1. The summed E-state index contributed by atoms with van der Waals surface area (Å²) in [6.45, 7) is 5.91. The van der Waals surface area contributed by atoms with Gasteiger partial charge in [0, 0.05) is 22.8 Å². The minimum atomic E-state index is -3.32. The summed E-state index contributed by atoms with van der Waals surface area (Å²) < 4.78 is 27.1. The molecule has 1 aromatic heterocycles. The molecule has 6 heteroatoms. The molecule has 2 N–H and O–H groups in total. The Kier molecular flexibility index (Phi) is 5.00. The van der Waals surface area contributed by atoms with Gasteiger partial charge in [0.15, 0.2) is 0 Å². The van der Waals surface area contributed by atoms with E-state index in [0.717, 1.165) is 37.2 Å². The average molecular weight is 302 g/mol. The molecule has 4 nitrogen and oxygen atoms in total. The van der Waals surface area contributed by atoms with Crippen molar-refractivity contribution in [2.24, 2.45) is 5.92 Å². The van der Waals surface area contributed by atoms with Gasteiger partial charge in [-0.05, 0) is 31.4 Å². The highest BCUT2D eigenvalue weighted by Gasteiger charge is 2.38. The highest BCUT2D eigenvalue weighted by atomic mass is 32.2. The molecule has 1 aromatic rings. The maximum absolute atomic E-state index is 12.2. The van der Waals surface area contributed by atoms with Gasteiger partial charge in [-0.1, -0.05) is 20.3 Å². The Morgan fingerprint density at radius 1 is 1.42 bits per heavy atom. The monoisotopic (exact) mass is 302 g/mol. The van der Waals surface area contributed by atoms with E-state index in [1.54, 1.807) is 11.4 Å². The number of rotatable bonds is 8. The van der Waals surface area contributed by atoms with E-state index in [4.69, 9.17) is 0 Å². The van der Waals surface area contributed by atoms with E-state index in [1.807, 2.05) is 0 Å². The van der Waals surface area contributed by atoms with Gasteiger partial charge in [0.2, 0.25) is 10.0 Å². The molecule has 0 radical (unpaired) electrons. The van der Waals surface area contributed by atoms with Gasteiger partial charge in [0.25, 0.3) is 0 Å². The minimum Gasteiger partial charge on any atom is -0.312 e. The first-order chi connectivity index (χ1) is 9.06. The molecule has 108 valence electrons. The third-order valence-electron chi connectivity index (χ3n) is 3.42. The maximum atomic E-state index is 12.2. The van der Waals surface area contributed by atoms with E-state index < -0.39 is 10.0 Å². The molecule has 0 spiro atoms. The van der Waals surface area contributed by atoms with Crippen molar-refractivity contribution in [3.63, 3.8) is 0 Å². The number of thiophene rings is 1. The summed E-state index contributed by atoms with van der Waals surface area (Å²) >= 11 is 1.50. The lowest BCUT2D eigenvalue weighted by Gasteiger charge is -2.03. The van der Waals surface area contributed by atoms with E-state index in [1.165, 1.54) is 11.3 Å². The van der Waals surface area contributed by atoms with Gasteiger partial charge in [-0.3, -0.25) is 0 Å². The van der Waals surface area contributed by atoms with Crippen molar-refractivity contribution in [2.75, 3.05) is 6.54 Å². The molecule has 0 bridgehead atoms. The van der Waals surface area contributed by atoms with Gasteiger partial charge in [-0.15, -0.1) is 11.3 Å². The summed E-state index contributed by atoms with van der Waals surface area (Å²) in [7, 11) is -3.32. The van der Waals surface area contributed by atoms with Crippen LogP contribution in [0, 0.1) is 5.92 Å². The first-order valence-corrected chi connectivity index (χ1v) is 9.23. The molecule has 1 aliphatic rings. The van der Waals surface area contributed by atoms with Crippen molar-refractivity contribution < 1.29 is 8.42 Å². The topological polar surface area (TPSA) is 58.2 Å². The van der Waals surface area contributed by atoms with Crippen LogP contribution in [0.1, 0.15) is 38.0 Å². The van der Waals surface area contributed by atoms with Gasteiger partial charge in [-0.25, -0.2) is 13.1 Å². The summed E-state index contributed by atoms with van der Waals surface area (Å²) in [5.41, 5.74) is 0. The molecule has 19 heavy (non-hydrogen) atoms. The van der Waals surface area contributed by atoms with E-state index in [-0.39, 0.29) is 6.04 Å². The summed E-state index contributed by atoms with van der Waals surface area (Å²) in [5.74, 6) is 0.527. The Hall–Kier alpha value is -0.430. The quantitative estimate of drug-likeness (QED) is 0.725. The second-order valence-corrected chi connectivity index (χ2v) is 7.77. The zero-order chi connectivity index (χ0) is 13.9. The fourth-order valence-electron chi connectivity index (χ4n) is 2.09. The molecule has 1 aliphatic carbocycles. The molecule has 1 heterocycles. The van der Waals surface area contributed by atoms with Crippen molar-refractivity contribution in [1.82, 2.24) is 10.0 Å². The van der Waals surface area contributed by atoms with Crippen LogP contribution in [0.3, 0.4) is 0 Å². The third-order valence-corrected chi connectivity index (χ3v) is 5.97. The second-order valence-electron chi connectivity index (χ2n) is 5.06. The summed E-state index contributed by atoms with van der Waals surface area (Å²) in [6, 6.07) is 1.93. The van der Waals surface area contributed by atoms with Crippen molar-refractivity contribution in [3.05, 3.63) is 16.3 Å². The van der Waals surface area contributed by atoms with E-state index in [0.29, 0.717) is 10.8 Å². The maximum Gasteiger partial charge on any atom is 0.241 e. The first kappa shape index (κ1) is 15.0. The Labute approximate surface area is 119 Å². The van der Waals surface area contributed by atoms with Crippen LogP contribution in [0.4, 0.5) is 0 Å². The fraction of sp³-hybridized carbons (Fsp3) is 0.692. The van der Waals surface area contributed by atoms with Crippen LogP contribution < -0.4 is 10.0 Å². The van der Waals surface area contributed by atoms with Crippen molar-refractivity contribution in [3.8, 4) is 0 Å². The van der Waals surface area contributed by atoms with E-state index in [2.05, 4.69) is 23.9 Å². The molecular weight excluding hydrogens is 280 g/mol. The molecule has 1 fully saturated rings. The van der Waals surface area contributed by atoms with Crippen molar-refractivity contribution in [2.45, 2.75) is 50.6 Å². The van der Waals surface area contributed by atoms with Crippen LogP contribution in [0.2, 0.25) is 0 Å². The summed E-state index contributed by atoms with van der Waals surface area (Å²) in [6.07, 6.45) is 3.10. The average Bonchev–Trinajstić information content (AvgIpc) is 2.92. The third kappa shape index (κ3) is 4.02. The van der Waals surface area contributed by atoms with Crippen LogP contribution in [-0.4, -0.2) is 21.0 Å². The lowest BCUT2D eigenvalue weighted by Crippen LogP contribution is -2.26. The number of nitrogens with one attached hydrogen (secondary N) is 2. The molecule has 1 saturated carbocycles. The van der Waals surface area contributed by atoms with Crippen LogP contribution in [0.5, 0.6) is 0 Å². The second kappa shape index (κ2) is 6.35. The number of hydrogen-bond donors (Lipinski definition) is 2. The molecular formula is C13H22N2O2S2. The SMILES string of the molecule is CCCNCc1cc(S(=O)(=O)NC2CC2CC)cs1. The van der Waals surface area contributed by atoms with Crippen LogP contribution >= 0.6 is 11.3 Å². The fourth-order valence-corrected chi connectivity index (χ4v) is 4.66. The molecule has 0 aliphatic heterocycles. The largest absolute Gasteiger partial charge is 0.312 e. The van der Waals surface area contributed by atoms with Gasteiger partial charge < -0.3 is 5.32 Å². The van der Waals surface area contributed by atoms with Crippen LogP contribution in [0.15, 0.2) is 16.3 Å². The van der Waals surface area contributed by atoms with E-state index in [9.17, 15) is 8.42 Å². The van der Waals surface area contributed by atoms with Gasteiger partial charge >= 0.3 is 0 Å². The summed E-state index contributed by atoms with van der Waals surface area (Å²) in [5, 5.41) is 5.01. The summed E-state index contributed by atoms with van der Waals surface area (Å²) in [4.78, 5) is 1.48. The lowest BCUT2D eigenvalue weighted by molar-refractivity contribution is 0.576.